The molecule has 0 spiro atoms. The van der Waals surface area contributed by atoms with E-state index in [4.69, 9.17) is 4.74 Å². The number of carbonyl (C=O) groups is 1. The molecule has 3 aromatic rings. The van der Waals surface area contributed by atoms with Gasteiger partial charge in [-0.15, -0.1) is 0 Å². The monoisotopic (exact) mass is 515 g/mol. The molecule has 2 fully saturated rings. The molecule has 0 bridgehead atoms. The molecule has 2 heterocycles. The number of nitro groups is 1. The van der Waals surface area contributed by atoms with Crippen LogP contribution in [0.15, 0.2) is 66.7 Å². The van der Waals surface area contributed by atoms with Crippen LogP contribution in [0.3, 0.4) is 0 Å². The maximum atomic E-state index is 12.9. The summed E-state index contributed by atoms with van der Waals surface area (Å²) in [6.07, 6.45) is 0.789. The summed E-state index contributed by atoms with van der Waals surface area (Å²) in [6.45, 7) is 5.45. The van der Waals surface area contributed by atoms with E-state index < -0.39 is 0 Å². The van der Waals surface area contributed by atoms with E-state index in [9.17, 15) is 14.9 Å². The summed E-state index contributed by atoms with van der Waals surface area (Å²) in [5, 5.41) is 11.4. The number of benzene rings is 3. The largest absolute Gasteiger partial charge is 0.488 e. The van der Waals surface area contributed by atoms with E-state index in [1.54, 1.807) is 18.2 Å². The fourth-order valence-electron chi connectivity index (χ4n) is 5.07. The molecule has 2 saturated heterocycles. The molecule has 0 saturated carbocycles. The zero-order valence-corrected chi connectivity index (χ0v) is 21.7. The molecule has 2 unspecified atom stereocenters. The lowest BCUT2D eigenvalue weighted by molar-refractivity contribution is -0.385. The van der Waals surface area contributed by atoms with E-state index in [0.29, 0.717) is 16.9 Å². The average Bonchev–Trinajstić information content (AvgIpc) is 3.43. The average molecular weight is 516 g/mol. The molecule has 0 aromatic heterocycles. The Hall–Kier alpha value is -3.79. The minimum absolute atomic E-state index is 0.00712. The number of carbonyl (C=O) groups excluding carboxylic acids is 1. The summed E-state index contributed by atoms with van der Waals surface area (Å²) in [7, 11) is 2.08. The molecule has 3 aromatic carbocycles. The van der Waals surface area contributed by atoms with Crippen LogP contribution >= 0.6 is 0 Å². The van der Waals surface area contributed by atoms with Crippen LogP contribution in [-0.2, 0) is 6.61 Å². The summed E-state index contributed by atoms with van der Waals surface area (Å²) >= 11 is 0. The second-order valence-corrected chi connectivity index (χ2v) is 10.1. The maximum Gasteiger partial charge on any atom is 0.276 e. The van der Waals surface area contributed by atoms with Crippen LogP contribution in [0.4, 0.5) is 5.69 Å². The molecule has 2 N–H and O–H groups in total. The Morgan fingerprint density at radius 3 is 2.45 bits per heavy atom. The van der Waals surface area contributed by atoms with Crippen LogP contribution < -0.4 is 15.6 Å². The highest BCUT2D eigenvalue weighted by Crippen LogP contribution is 2.36. The fraction of sp³-hybridized carbons (Fsp3) is 0.345. The molecule has 5 rings (SSSR count). The van der Waals surface area contributed by atoms with Crippen molar-refractivity contribution in [3.8, 4) is 5.75 Å². The molecule has 38 heavy (non-hydrogen) atoms. The van der Waals surface area contributed by atoms with Gasteiger partial charge in [0.15, 0.2) is 0 Å². The van der Waals surface area contributed by atoms with Crippen LogP contribution in [0.1, 0.15) is 51.1 Å². The molecular formula is C29H33N5O4. The maximum absolute atomic E-state index is 12.9. The molecule has 2 atom stereocenters. The number of ether oxygens (including phenoxy) is 1. The third-order valence-corrected chi connectivity index (χ3v) is 7.37. The number of rotatable bonds is 7. The predicted molar refractivity (Wildman–Crippen MR) is 145 cm³/mol. The molecule has 9 nitrogen and oxygen atoms in total. The lowest BCUT2D eigenvalue weighted by Gasteiger charge is -2.32. The first kappa shape index (κ1) is 25.8. The van der Waals surface area contributed by atoms with Gasteiger partial charge in [0.1, 0.15) is 12.4 Å². The fourth-order valence-corrected chi connectivity index (χ4v) is 5.07. The zero-order chi connectivity index (χ0) is 26.6. The van der Waals surface area contributed by atoms with Crippen molar-refractivity contribution < 1.29 is 14.5 Å². The van der Waals surface area contributed by atoms with Gasteiger partial charge in [-0.1, -0.05) is 42.0 Å². The number of aryl methyl sites for hydroxylation is 1. The van der Waals surface area contributed by atoms with Crippen molar-refractivity contribution in [2.45, 2.75) is 32.0 Å². The second-order valence-electron chi connectivity index (χ2n) is 10.1. The van der Waals surface area contributed by atoms with Crippen LogP contribution in [0.5, 0.6) is 5.75 Å². The lowest BCUT2D eigenvalue weighted by Crippen LogP contribution is -2.47. The van der Waals surface area contributed by atoms with Gasteiger partial charge in [0.25, 0.3) is 11.6 Å². The zero-order valence-electron chi connectivity index (χ0n) is 21.7. The van der Waals surface area contributed by atoms with Crippen molar-refractivity contribution in [2.75, 3.05) is 33.2 Å². The smallest absolute Gasteiger partial charge is 0.276 e. The Morgan fingerprint density at radius 2 is 1.71 bits per heavy atom. The van der Waals surface area contributed by atoms with E-state index in [0.717, 1.165) is 49.3 Å². The molecule has 0 aliphatic carbocycles. The number of likely N-dealkylation sites (N-methyl/N-ethyl adjacent to an activating group) is 1. The summed E-state index contributed by atoms with van der Waals surface area (Å²) in [4.78, 5) is 28.1. The molecule has 9 heteroatoms. The Morgan fingerprint density at radius 1 is 1.00 bits per heavy atom. The number of amides is 1. The first-order valence-electron chi connectivity index (χ1n) is 12.9. The molecule has 2 aliphatic heterocycles. The number of nitro benzene ring substituents is 1. The highest BCUT2D eigenvalue weighted by molar-refractivity contribution is 5.94. The van der Waals surface area contributed by atoms with Gasteiger partial charge in [-0.05, 0) is 50.2 Å². The normalized spacial score (nSPS) is 19.9. The van der Waals surface area contributed by atoms with Gasteiger partial charge in [-0.2, -0.15) is 0 Å². The van der Waals surface area contributed by atoms with E-state index >= 15 is 0 Å². The number of nitrogens with one attached hydrogen (secondary N) is 2. The Kier molecular flexibility index (Phi) is 7.69. The van der Waals surface area contributed by atoms with Gasteiger partial charge >= 0.3 is 0 Å². The number of nitrogens with zero attached hydrogens (tertiary/aromatic N) is 3. The second kappa shape index (κ2) is 11.3. The van der Waals surface area contributed by atoms with Gasteiger partial charge in [-0.3, -0.25) is 14.9 Å². The third-order valence-electron chi connectivity index (χ3n) is 7.37. The number of piperazine rings is 1. The standard InChI is InChI=1S/C29H33N5O4/c1-20-7-12-28(38-19-23-5-3-4-6-27(23)34(36)37)24(17-20)26-18-25(30-31-26)21-8-10-22(11-9-21)29(35)33-15-13-32(2)14-16-33/h3-12,17,25-26,30-31H,13-16,18-19H2,1-2H3. The minimum atomic E-state index is -0.383. The van der Waals surface area contributed by atoms with E-state index in [2.05, 4.69) is 28.9 Å². The number of hydrogen-bond acceptors (Lipinski definition) is 7. The number of hydrazine groups is 1. The van der Waals surface area contributed by atoms with Crippen molar-refractivity contribution >= 4 is 11.6 Å². The highest BCUT2D eigenvalue weighted by Gasteiger charge is 2.29. The molecule has 2 aliphatic rings. The van der Waals surface area contributed by atoms with Crippen molar-refractivity contribution in [1.82, 2.24) is 20.7 Å². The number of para-hydroxylation sites is 1. The van der Waals surface area contributed by atoms with Crippen LogP contribution in [0.2, 0.25) is 0 Å². The molecular weight excluding hydrogens is 482 g/mol. The van der Waals surface area contributed by atoms with Gasteiger partial charge in [0.2, 0.25) is 0 Å². The van der Waals surface area contributed by atoms with Crippen molar-refractivity contribution in [2.24, 2.45) is 0 Å². The van der Waals surface area contributed by atoms with E-state index in [1.165, 1.54) is 6.07 Å². The SMILES string of the molecule is Cc1ccc(OCc2ccccc2[N+](=O)[O-])c(C2CC(c3ccc(C(=O)N4CCN(C)CC4)cc3)NN2)c1. The van der Waals surface area contributed by atoms with Gasteiger partial charge in [0, 0.05) is 49.4 Å². The van der Waals surface area contributed by atoms with Crippen LogP contribution in [-0.4, -0.2) is 53.9 Å². The first-order chi connectivity index (χ1) is 18.4. The topological polar surface area (TPSA) is 100.0 Å². The van der Waals surface area contributed by atoms with E-state index in [1.807, 2.05) is 48.2 Å². The summed E-state index contributed by atoms with van der Waals surface area (Å²) in [5.41, 5.74) is 11.3. The first-order valence-corrected chi connectivity index (χ1v) is 12.9. The lowest BCUT2D eigenvalue weighted by atomic mass is 9.95. The Bertz CT molecular complexity index is 1300. The van der Waals surface area contributed by atoms with Crippen LogP contribution in [0, 0.1) is 17.0 Å². The quantitative estimate of drug-likeness (QED) is 0.360. The van der Waals surface area contributed by atoms with Gasteiger partial charge < -0.3 is 14.5 Å². The number of hydrogen-bond donors (Lipinski definition) is 2. The van der Waals surface area contributed by atoms with E-state index in [-0.39, 0.29) is 35.2 Å². The predicted octanol–water partition coefficient (Wildman–Crippen LogP) is 4.15. The van der Waals surface area contributed by atoms with Crippen LogP contribution in [0.25, 0.3) is 0 Å². The Balaban J connectivity index is 1.26. The van der Waals surface area contributed by atoms with Gasteiger partial charge in [0.05, 0.1) is 16.5 Å². The summed E-state index contributed by atoms with van der Waals surface area (Å²) in [5.74, 6) is 0.780. The molecule has 198 valence electrons. The van der Waals surface area contributed by atoms with Crippen molar-refractivity contribution in [3.63, 3.8) is 0 Å². The minimum Gasteiger partial charge on any atom is -0.488 e. The molecule has 1 amide bonds. The highest BCUT2D eigenvalue weighted by atomic mass is 16.6. The summed E-state index contributed by atoms with van der Waals surface area (Å²) < 4.78 is 6.11. The Labute approximate surface area is 222 Å². The third kappa shape index (κ3) is 5.70. The molecule has 0 radical (unpaired) electrons. The van der Waals surface area contributed by atoms with Gasteiger partial charge in [-0.25, -0.2) is 10.9 Å². The van der Waals surface area contributed by atoms with Crippen molar-refractivity contribution in [1.29, 1.82) is 0 Å². The summed E-state index contributed by atoms with van der Waals surface area (Å²) in [6, 6.07) is 20.6. The van der Waals surface area contributed by atoms with Crippen molar-refractivity contribution in [3.05, 3.63) is 105 Å².